The molecule has 4 nitrogen and oxygen atoms in total. The van der Waals surface area contributed by atoms with E-state index in [1.54, 1.807) is 23.7 Å². The van der Waals surface area contributed by atoms with E-state index >= 15 is 0 Å². The van der Waals surface area contributed by atoms with Gasteiger partial charge in [0.05, 0.1) is 17.6 Å². The van der Waals surface area contributed by atoms with Crippen LogP contribution in [0.5, 0.6) is 0 Å². The highest BCUT2D eigenvalue weighted by Gasteiger charge is 2.11. The van der Waals surface area contributed by atoms with Crippen molar-refractivity contribution in [3.05, 3.63) is 64.5 Å². The molecule has 0 N–H and O–H groups in total. The lowest BCUT2D eigenvalue weighted by atomic mass is 9.99. The number of benzene rings is 1. The SMILES string of the molecule is Cc1ccc(-c2csc(=Nc3cccnc3)n2N=C2CCCCCCC2)cc1. The molecule has 1 aromatic carbocycles. The van der Waals surface area contributed by atoms with Crippen LogP contribution in [0.3, 0.4) is 0 Å². The maximum atomic E-state index is 5.10. The van der Waals surface area contributed by atoms with Crippen LogP contribution < -0.4 is 4.80 Å². The minimum Gasteiger partial charge on any atom is -0.262 e. The van der Waals surface area contributed by atoms with Crippen LogP contribution in [0.4, 0.5) is 5.69 Å². The molecule has 0 radical (unpaired) electrons. The van der Waals surface area contributed by atoms with Crippen molar-refractivity contribution >= 4 is 22.7 Å². The number of pyridine rings is 1. The number of rotatable bonds is 3. The van der Waals surface area contributed by atoms with E-state index in [9.17, 15) is 0 Å². The Morgan fingerprint density at radius 2 is 1.71 bits per heavy atom. The van der Waals surface area contributed by atoms with Crippen LogP contribution in [0, 0.1) is 6.92 Å². The number of hydrogen-bond acceptors (Lipinski definition) is 4. The molecule has 0 bridgehead atoms. The Balaban J connectivity index is 1.81. The molecular weight excluding hydrogens is 364 g/mol. The van der Waals surface area contributed by atoms with E-state index in [0.717, 1.165) is 29.0 Å². The van der Waals surface area contributed by atoms with Crippen molar-refractivity contribution < 1.29 is 0 Å². The molecule has 5 heteroatoms. The monoisotopic (exact) mass is 390 g/mol. The number of thiazole rings is 1. The van der Waals surface area contributed by atoms with Gasteiger partial charge in [-0.3, -0.25) is 4.98 Å². The summed E-state index contributed by atoms with van der Waals surface area (Å²) in [5.41, 5.74) is 5.68. The molecule has 28 heavy (non-hydrogen) atoms. The number of aryl methyl sites for hydroxylation is 1. The van der Waals surface area contributed by atoms with Gasteiger partial charge < -0.3 is 0 Å². The zero-order valence-corrected chi connectivity index (χ0v) is 17.2. The Morgan fingerprint density at radius 3 is 2.43 bits per heavy atom. The van der Waals surface area contributed by atoms with Gasteiger partial charge in [0.25, 0.3) is 0 Å². The highest BCUT2D eigenvalue weighted by Crippen LogP contribution is 2.23. The molecule has 0 atom stereocenters. The van der Waals surface area contributed by atoms with Crippen LogP contribution >= 0.6 is 11.3 Å². The highest BCUT2D eigenvalue weighted by molar-refractivity contribution is 7.07. The first-order valence-electron chi connectivity index (χ1n) is 10.1. The molecule has 0 amide bonds. The summed E-state index contributed by atoms with van der Waals surface area (Å²) in [6, 6.07) is 12.5. The summed E-state index contributed by atoms with van der Waals surface area (Å²) in [5.74, 6) is 0. The summed E-state index contributed by atoms with van der Waals surface area (Å²) in [4.78, 5) is 9.90. The molecule has 1 saturated carbocycles. The fourth-order valence-electron chi connectivity index (χ4n) is 3.48. The van der Waals surface area contributed by atoms with E-state index in [2.05, 4.69) is 41.6 Å². The van der Waals surface area contributed by atoms with Crippen molar-refractivity contribution in [3.8, 4) is 11.3 Å². The number of aromatic nitrogens is 2. The third-order valence-electron chi connectivity index (χ3n) is 5.08. The Labute approximate surface area is 170 Å². The predicted octanol–water partition coefficient (Wildman–Crippen LogP) is 6.10. The average Bonchev–Trinajstić information content (AvgIpc) is 3.07. The summed E-state index contributed by atoms with van der Waals surface area (Å²) >= 11 is 1.63. The molecule has 0 spiro atoms. The van der Waals surface area contributed by atoms with E-state index in [-0.39, 0.29) is 0 Å². The standard InChI is InChI=1S/C23H26N4S/c1-18-11-13-19(14-12-18)22-17-28-23(25-21-10-7-15-24-16-21)27(22)26-20-8-5-3-2-4-6-9-20/h7,10-17H,2-6,8-9H2,1H3. The van der Waals surface area contributed by atoms with Crippen LogP contribution in [-0.4, -0.2) is 15.4 Å². The van der Waals surface area contributed by atoms with E-state index in [1.807, 2.05) is 16.8 Å². The molecule has 2 heterocycles. The lowest BCUT2D eigenvalue weighted by Crippen LogP contribution is -2.15. The van der Waals surface area contributed by atoms with Gasteiger partial charge in [-0.15, -0.1) is 11.3 Å². The topological polar surface area (TPSA) is 42.5 Å². The number of nitrogens with zero attached hydrogens (tertiary/aromatic N) is 4. The quantitative estimate of drug-likeness (QED) is 0.533. The van der Waals surface area contributed by atoms with Crippen LogP contribution in [-0.2, 0) is 0 Å². The number of hydrogen-bond donors (Lipinski definition) is 0. The van der Waals surface area contributed by atoms with Gasteiger partial charge in [-0.1, -0.05) is 49.1 Å². The normalized spacial score (nSPS) is 15.9. The first-order valence-corrected chi connectivity index (χ1v) is 11.0. The molecule has 2 aromatic heterocycles. The molecule has 1 aliphatic rings. The molecule has 1 aliphatic carbocycles. The fraction of sp³-hybridized carbons (Fsp3) is 0.348. The Hall–Kier alpha value is -2.53. The lowest BCUT2D eigenvalue weighted by Gasteiger charge is -2.12. The molecule has 3 aromatic rings. The van der Waals surface area contributed by atoms with Gasteiger partial charge in [0, 0.05) is 22.9 Å². The van der Waals surface area contributed by atoms with Crippen molar-refractivity contribution in [1.29, 1.82) is 0 Å². The second kappa shape index (κ2) is 9.11. The van der Waals surface area contributed by atoms with Gasteiger partial charge in [0.2, 0.25) is 4.80 Å². The van der Waals surface area contributed by atoms with E-state index in [0.29, 0.717) is 0 Å². The maximum Gasteiger partial charge on any atom is 0.211 e. The summed E-state index contributed by atoms with van der Waals surface area (Å²) in [6.07, 6.45) is 12.2. The van der Waals surface area contributed by atoms with E-state index in [4.69, 9.17) is 10.1 Å². The van der Waals surface area contributed by atoms with Crippen LogP contribution in [0.15, 0.2) is 64.3 Å². The largest absolute Gasteiger partial charge is 0.262 e. The first kappa shape index (κ1) is 18.8. The minimum absolute atomic E-state index is 0.853. The third-order valence-corrected chi connectivity index (χ3v) is 5.89. The zero-order chi connectivity index (χ0) is 19.2. The molecular formula is C23H26N4S. The van der Waals surface area contributed by atoms with Gasteiger partial charge in [-0.25, -0.2) is 9.67 Å². The van der Waals surface area contributed by atoms with E-state index < -0.39 is 0 Å². The Kier molecular flexibility index (Phi) is 6.12. The third kappa shape index (κ3) is 4.65. The van der Waals surface area contributed by atoms with Crippen molar-refractivity contribution in [2.45, 2.75) is 51.9 Å². The van der Waals surface area contributed by atoms with Gasteiger partial charge in [0.15, 0.2) is 0 Å². The van der Waals surface area contributed by atoms with Crippen LogP contribution in [0.1, 0.15) is 50.5 Å². The summed E-state index contributed by atoms with van der Waals surface area (Å²) < 4.78 is 2.04. The second-order valence-corrected chi connectivity index (χ2v) is 8.17. The van der Waals surface area contributed by atoms with Gasteiger partial charge in [-0.05, 0) is 44.7 Å². The van der Waals surface area contributed by atoms with Crippen LogP contribution in [0.25, 0.3) is 11.3 Å². The summed E-state index contributed by atoms with van der Waals surface area (Å²) in [6.45, 7) is 2.11. The van der Waals surface area contributed by atoms with Gasteiger partial charge >= 0.3 is 0 Å². The van der Waals surface area contributed by atoms with Gasteiger partial charge in [0.1, 0.15) is 0 Å². The molecule has 0 saturated heterocycles. The molecule has 144 valence electrons. The smallest absolute Gasteiger partial charge is 0.211 e. The lowest BCUT2D eigenvalue weighted by molar-refractivity contribution is 0.602. The highest BCUT2D eigenvalue weighted by atomic mass is 32.1. The Morgan fingerprint density at radius 1 is 0.964 bits per heavy atom. The molecule has 1 fully saturated rings. The fourth-order valence-corrected chi connectivity index (χ4v) is 4.33. The van der Waals surface area contributed by atoms with Crippen molar-refractivity contribution in [2.24, 2.45) is 10.1 Å². The molecule has 0 unspecified atom stereocenters. The zero-order valence-electron chi connectivity index (χ0n) is 16.3. The summed E-state index contributed by atoms with van der Waals surface area (Å²) in [5, 5.41) is 7.26. The van der Waals surface area contributed by atoms with Crippen LogP contribution in [0.2, 0.25) is 0 Å². The molecule has 4 rings (SSSR count). The maximum absolute atomic E-state index is 5.10. The van der Waals surface area contributed by atoms with Crippen molar-refractivity contribution in [3.63, 3.8) is 0 Å². The van der Waals surface area contributed by atoms with Crippen molar-refractivity contribution in [1.82, 2.24) is 9.66 Å². The first-order chi connectivity index (χ1) is 13.8. The predicted molar refractivity (Wildman–Crippen MR) is 117 cm³/mol. The van der Waals surface area contributed by atoms with Gasteiger partial charge in [-0.2, -0.15) is 5.10 Å². The minimum atomic E-state index is 0.853. The van der Waals surface area contributed by atoms with Crippen molar-refractivity contribution in [2.75, 3.05) is 0 Å². The molecule has 0 aliphatic heterocycles. The Bertz CT molecular complexity index is 987. The average molecular weight is 391 g/mol. The second-order valence-electron chi connectivity index (χ2n) is 7.34. The summed E-state index contributed by atoms with van der Waals surface area (Å²) in [7, 11) is 0. The van der Waals surface area contributed by atoms with E-state index in [1.165, 1.54) is 48.9 Å².